The Morgan fingerprint density at radius 1 is 1.00 bits per heavy atom. The Bertz CT molecular complexity index is 1120. The summed E-state index contributed by atoms with van der Waals surface area (Å²) in [6, 6.07) is 7.80. The number of fused-ring (bicyclic) bond motifs is 1. The van der Waals surface area contributed by atoms with Crippen molar-refractivity contribution in [1.29, 1.82) is 0 Å². The molecule has 0 N–H and O–H groups in total. The molecule has 28 heavy (non-hydrogen) atoms. The van der Waals surface area contributed by atoms with E-state index in [1.807, 2.05) is 43.3 Å². The Kier molecular flexibility index (Phi) is 5.82. The molecule has 0 unspecified atom stereocenters. The second kappa shape index (κ2) is 8.29. The first-order valence-corrected chi connectivity index (χ1v) is 9.62. The lowest BCUT2D eigenvalue weighted by Crippen LogP contribution is -2.39. The van der Waals surface area contributed by atoms with Crippen LogP contribution in [0.4, 0.5) is 0 Å². The largest absolute Gasteiger partial charge is 0.494 e. The summed E-state index contributed by atoms with van der Waals surface area (Å²) in [7, 11) is 1.79. The minimum Gasteiger partial charge on any atom is -0.494 e. The zero-order chi connectivity index (χ0) is 20.3. The molecule has 0 radical (unpaired) electrons. The quantitative estimate of drug-likeness (QED) is 0.630. The molecule has 0 atom stereocenters. The van der Waals surface area contributed by atoms with Crippen LogP contribution in [0.3, 0.4) is 0 Å². The number of imidazole rings is 1. The van der Waals surface area contributed by atoms with Crippen LogP contribution < -0.4 is 16.0 Å². The summed E-state index contributed by atoms with van der Waals surface area (Å²) in [5, 5.41) is 0. The number of aromatic nitrogens is 4. The molecule has 0 aliphatic carbocycles. The molecular weight excluding hydrogens is 356 g/mol. The Balaban J connectivity index is 2.01. The number of rotatable bonds is 7. The van der Waals surface area contributed by atoms with E-state index in [9.17, 15) is 9.59 Å². The van der Waals surface area contributed by atoms with Crippen LogP contribution in [0.25, 0.3) is 23.3 Å². The number of nitrogens with zero attached hydrogens (tertiary/aromatic N) is 4. The van der Waals surface area contributed by atoms with Crippen molar-refractivity contribution in [3.63, 3.8) is 0 Å². The van der Waals surface area contributed by atoms with Gasteiger partial charge >= 0.3 is 5.69 Å². The van der Waals surface area contributed by atoms with Crippen molar-refractivity contribution in [2.45, 2.75) is 40.3 Å². The highest BCUT2D eigenvalue weighted by molar-refractivity contribution is 5.76. The van der Waals surface area contributed by atoms with E-state index in [-0.39, 0.29) is 11.2 Å². The molecule has 2 aromatic heterocycles. The number of ether oxygens (including phenoxy) is 1. The fourth-order valence-electron chi connectivity index (χ4n) is 3.16. The number of hydrogen-bond acceptors (Lipinski definition) is 4. The van der Waals surface area contributed by atoms with Crippen molar-refractivity contribution in [1.82, 2.24) is 18.7 Å². The Morgan fingerprint density at radius 3 is 2.29 bits per heavy atom. The monoisotopic (exact) mass is 382 g/mol. The number of benzene rings is 1. The van der Waals surface area contributed by atoms with E-state index < -0.39 is 0 Å². The Labute approximate surface area is 163 Å². The normalized spacial score (nSPS) is 11.6. The SMILES string of the molecule is CCCOc1ccc(C=Cc2nc3c(c(=O)n(CC)c(=O)n3CC)n2C)cc1. The lowest BCUT2D eigenvalue weighted by atomic mass is 10.2. The highest BCUT2D eigenvalue weighted by Gasteiger charge is 2.17. The summed E-state index contributed by atoms with van der Waals surface area (Å²) in [5.41, 5.74) is 1.23. The van der Waals surface area contributed by atoms with Gasteiger partial charge in [-0.15, -0.1) is 0 Å². The molecule has 2 heterocycles. The van der Waals surface area contributed by atoms with Crippen LogP contribution in [0.2, 0.25) is 0 Å². The number of hydrogen-bond donors (Lipinski definition) is 0. The minimum atomic E-state index is -0.321. The summed E-state index contributed by atoms with van der Waals surface area (Å²) in [6.45, 7) is 7.22. The number of aryl methyl sites for hydroxylation is 2. The average Bonchev–Trinajstić information content (AvgIpc) is 3.02. The zero-order valence-corrected chi connectivity index (χ0v) is 16.8. The van der Waals surface area contributed by atoms with Crippen molar-refractivity contribution >= 4 is 23.3 Å². The lowest BCUT2D eigenvalue weighted by molar-refractivity contribution is 0.317. The van der Waals surface area contributed by atoms with Crippen molar-refractivity contribution in [2.24, 2.45) is 7.05 Å². The molecule has 0 saturated heterocycles. The molecule has 0 fully saturated rings. The van der Waals surface area contributed by atoms with E-state index in [0.717, 1.165) is 17.7 Å². The van der Waals surface area contributed by atoms with Crippen molar-refractivity contribution < 1.29 is 4.74 Å². The van der Waals surface area contributed by atoms with E-state index in [1.165, 1.54) is 9.13 Å². The summed E-state index contributed by atoms with van der Waals surface area (Å²) in [6.07, 6.45) is 4.75. The van der Waals surface area contributed by atoms with Crippen LogP contribution in [-0.2, 0) is 20.1 Å². The Morgan fingerprint density at radius 2 is 1.68 bits per heavy atom. The van der Waals surface area contributed by atoms with Gasteiger partial charge in [-0.3, -0.25) is 13.9 Å². The fourth-order valence-corrected chi connectivity index (χ4v) is 3.16. The van der Waals surface area contributed by atoms with Crippen molar-refractivity contribution in [3.05, 3.63) is 56.5 Å². The maximum Gasteiger partial charge on any atom is 0.332 e. The van der Waals surface area contributed by atoms with E-state index in [2.05, 4.69) is 11.9 Å². The predicted molar refractivity (Wildman–Crippen MR) is 112 cm³/mol. The summed E-state index contributed by atoms with van der Waals surface area (Å²) < 4.78 is 10.1. The smallest absolute Gasteiger partial charge is 0.332 e. The highest BCUT2D eigenvalue weighted by Crippen LogP contribution is 2.16. The standard InChI is InChI=1S/C21H26N4O3/c1-5-14-28-16-11-8-15(9-12-16)10-13-17-22-19-18(23(17)4)20(26)25(7-3)21(27)24(19)6-2/h8-13H,5-7,14H2,1-4H3. The topological polar surface area (TPSA) is 71.1 Å². The zero-order valence-electron chi connectivity index (χ0n) is 16.8. The van der Waals surface area contributed by atoms with Gasteiger partial charge in [0.05, 0.1) is 6.61 Å². The van der Waals surface area contributed by atoms with Crippen LogP contribution >= 0.6 is 0 Å². The third-order valence-corrected chi connectivity index (χ3v) is 4.69. The Hall–Kier alpha value is -3.09. The molecule has 7 heteroatoms. The van der Waals surface area contributed by atoms with Gasteiger partial charge in [-0.25, -0.2) is 9.78 Å². The predicted octanol–water partition coefficient (Wildman–Crippen LogP) is 2.90. The van der Waals surface area contributed by atoms with Gasteiger partial charge < -0.3 is 9.30 Å². The molecule has 0 bridgehead atoms. The molecule has 7 nitrogen and oxygen atoms in total. The van der Waals surface area contributed by atoms with Crippen LogP contribution in [-0.4, -0.2) is 25.3 Å². The second-order valence-corrected chi connectivity index (χ2v) is 6.53. The van der Waals surface area contributed by atoms with Crippen LogP contribution in [0.5, 0.6) is 5.75 Å². The van der Waals surface area contributed by atoms with E-state index in [0.29, 0.717) is 36.7 Å². The van der Waals surface area contributed by atoms with Gasteiger partial charge in [0, 0.05) is 20.1 Å². The van der Waals surface area contributed by atoms with E-state index in [4.69, 9.17) is 4.74 Å². The summed E-state index contributed by atoms with van der Waals surface area (Å²) in [5.74, 6) is 1.46. The molecule has 0 saturated carbocycles. The third kappa shape index (κ3) is 3.52. The molecule has 0 amide bonds. The van der Waals surface area contributed by atoms with Crippen LogP contribution in [0.1, 0.15) is 38.6 Å². The van der Waals surface area contributed by atoms with Gasteiger partial charge in [0.15, 0.2) is 11.2 Å². The van der Waals surface area contributed by atoms with Gasteiger partial charge in [-0.2, -0.15) is 0 Å². The van der Waals surface area contributed by atoms with Gasteiger partial charge in [0.25, 0.3) is 5.56 Å². The van der Waals surface area contributed by atoms with E-state index >= 15 is 0 Å². The van der Waals surface area contributed by atoms with E-state index in [1.54, 1.807) is 18.5 Å². The summed E-state index contributed by atoms with van der Waals surface area (Å²) in [4.78, 5) is 29.8. The highest BCUT2D eigenvalue weighted by atomic mass is 16.5. The first-order chi connectivity index (χ1) is 13.5. The molecule has 1 aromatic carbocycles. The molecule has 0 spiro atoms. The molecule has 3 aromatic rings. The van der Waals surface area contributed by atoms with Crippen molar-refractivity contribution in [2.75, 3.05) is 6.61 Å². The molecule has 3 rings (SSSR count). The van der Waals surface area contributed by atoms with Gasteiger partial charge in [-0.05, 0) is 44.0 Å². The summed E-state index contributed by atoms with van der Waals surface area (Å²) >= 11 is 0. The lowest BCUT2D eigenvalue weighted by Gasteiger charge is -2.08. The molecule has 0 aliphatic rings. The van der Waals surface area contributed by atoms with Gasteiger partial charge in [0.2, 0.25) is 0 Å². The third-order valence-electron chi connectivity index (χ3n) is 4.69. The van der Waals surface area contributed by atoms with Gasteiger partial charge in [-0.1, -0.05) is 25.1 Å². The van der Waals surface area contributed by atoms with Crippen LogP contribution in [0.15, 0.2) is 33.9 Å². The first-order valence-electron chi connectivity index (χ1n) is 9.62. The van der Waals surface area contributed by atoms with Crippen LogP contribution in [0, 0.1) is 0 Å². The van der Waals surface area contributed by atoms with Gasteiger partial charge in [0.1, 0.15) is 11.6 Å². The maximum atomic E-state index is 12.7. The average molecular weight is 382 g/mol. The minimum absolute atomic E-state index is 0.306. The van der Waals surface area contributed by atoms with Crippen molar-refractivity contribution in [3.8, 4) is 5.75 Å². The second-order valence-electron chi connectivity index (χ2n) is 6.53. The first kappa shape index (κ1) is 19.7. The molecular formula is C21H26N4O3. The molecule has 148 valence electrons. The maximum absolute atomic E-state index is 12.7. The fraction of sp³-hybridized carbons (Fsp3) is 0.381. The molecule has 0 aliphatic heterocycles.